The van der Waals surface area contributed by atoms with Gasteiger partial charge < -0.3 is 14.2 Å². The summed E-state index contributed by atoms with van der Waals surface area (Å²) in [6, 6.07) is 7.32. The van der Waals surface area contributed by atoms with Crippen molar-refractivity contribution in [3.8, 4) is 17.6 Å². The zero-order valence-electron chi connectivity index (χ0n) is 11.9. The highest BCUT2D eigenvalue weighted by Crippen LogP contribution is 2.36. The lowest BCUT2D eigenvalue weighted by molar-refractivity contribution is -0.137. The quantitative estimate of drug-likeness (QED) is 0.852. The predicted octanol–water partition coefficient (Wildman–Crippen LogP) is 2.20. The van der Waals surface area contributed by atoms with Crippen LogP contribution in [0, 0.1) is 11.3 Å². The summed E-state index contributed by atoms with van der Waals surface area (Å²) in [6.07, 6.45) is 1.51. The smallest absolute Gasteiger partial charge is 0.185 e. The SMILES string of the molecule is CC1(C(=O)C(C#N)c2ccc3c(c2)OCCO3)CCCO1. The maximum Gasteiger partial charge on any atom is 0.185 e. The van der Waals surface area contributed by atoms with E-state index in [9.17, 15) is 10.1 Å². The Morgan fingerprint density at radius 1 is 1.29 bits per heavy atom. The highest BCUT2D eigenvalue weighted by atomic mass is 16.6. The molecule has 2 aliphatic heterocycles. The molecule has 1 fully saturated rings. The van der Waals surface area contributed by atoms with E-state index in [2.05, 4.69) is 6.07 Å². The monoisotopic (exact) mass is 287 g/mol. The van der Waals surface area contributed by atoms with Gasteiger partial charge in [0.15, 0.2) is 17.3 Å². The van der Waals surface area contributed by atoms with Gasteiger partial charge in [-0.15, -0.1) is 0 Å². The van der Waals surface area contributed by atoms with Crippen LogP contribution in [0.1, 0.15) is 31.2 Å². The first-order chi connectivity index (χ1) is 10.1. The van der Waals surface area contributed by atoms with E-state index in [0.29, 0.717) is 43.3 Å². The number of fused-ring (bicyclic) bond motifs is 1. The van der Waals surface area contributed by atoms with Crippen LogP contribution in [-0.2, 0) is 9.53 Å². The summed E-state index contributed by atoms with van der Waals surface area (Å²) < 4.78 is 16.5. The molecule has 2 unspecified atom stereocenters. The van der Waals surface area contributed by atoms with Gasteiger partial charge in [0.05, 0.1) is 6.07 Å². The third-order valence-electron chi connectivity index (χ3n) is 4.03. The number of hydrogen-bond donors (Lipinski definition) is 0. The normalized spacial score (nSPS) is 25.1. The first kappa shape index (κ1) is 13.9. The molecular formula is C16H17NO4. The summed E-state index contributed by atoms with van der Waals surface area (Å²) in [7, 11) is 0. The molecule has 0 spiro atoms. The van der Waals surface area contributed by atoms with E-state index in [1.165, 1.54) is 0 Å². The van der Waals surface area contributed by atoms with Crippen LogP contribution in [-0.4, -0.2) is 31.2 Å². The molecule has 110 valence electrons. The first-order valence-electron chi connectivity index (χ1n) is 7.11. The van der Waals surface area contributed by atoms with E-state index in [0.717, 1.165) is 6.42 Å². The zero-order valence-corrected chi connectivity index (χ0v) is 11.9. The number of nitriles is 1. The van der Waals surface area contributed by atoms with Crippen LogP contribution in [0.25, 0.3) is 0 Å². The number of ether oxygens (including phenoxy) is 3. The number of benzene rings is 1. The summed E-state index contributed by atoms with van der Waals surface area (Å²) in [5.74, 6) is 0.213. The van der Waals surface area contributed by atoms with Crippen molar-refractivity contribution in [1.29, 1.82) is 5.26 Å². The fraction of sp³-hybridized carbons (Fsp3) is 0.500. The van der Waals surface area contributed by atoms with Crippen LogP contribution in [0.3, 0.4) is 0 Å². The Balaban J connectivity index is 1.90. The molecule has 0 radical (unpaired) electrons. The summed E-state index contributed by atoms with van der Waals surface area (Å²) in [5.41, 5.74) is -0.225. The molecule has 0 amide bonds. The molecule has 21 heavy (non-hydrogen) atoms. The number of hydrogen-bond acceptors (Lipinski definition) is 5. The van der Waals surface area contributed by atoms with Crippen molar-refractivity contribution in [2.75, 3.05) is 19.8 Å². The van der Waals surface area contributed by atoms with E-state index in [4.69, 9.17) is 14.2 Å². The van der Waals surface area contributed by atoms with Crippen molar-refractivity contribution in [1.82, 2.24) is 0 Å². The average molecular weight is 287 g/mol. The lowest BCUT2D eigenvalue weighted by Crippen LogP contribution is -2.38. The number of carbonyl (C=O) groups excluding carboxylic acids is 1. The van der Waals surface area contributed by atoms with Crippen molar-refractivity contribution in [2.24, 2.45) is 0 Å². The second-order valence-corrected chi connectivity index (χ2v) is 5.51. The Labute approximate surface area is 123 Å². The lowest BCUT2D eigenvalue weighted by Gasteiger charge is -2.25. The predicted molar refractivity (Wildman–Crippen MR) is 74.4 cm³/mol. The fourth-order valence-corrected chi connectivity index (χ4v) is 2.80. The maximum absolute atomic E-state index is 12.6. The Bertz CT molecular complexity index is 599. The first-order valence-corrected chi connectivity index (χ1v) is 7.11. The number of ketones is 1. The third-order valence-corrected chi connectivity index (χ3v) is 4.03. The molecule has 0 bridgehead atoms. The molecule has 5 nitrogen and oxygen atoms in total. The van der Waals surface area contributed by atoms with Crippen molar-refractivity contribution in [3.05, 3.63) is 23.8 Å². The standard InChI is InChI=1S/C16H17NO4/c1-16(5-2-6-21-16)15(18)12(10-17)11-3-4-13-14(9-11)20-8-7-19-13/h3-4,9,12H,2,5-8H2,1H3. The molecule has 0 N–H and O–H groups in total. The second-order valence-electron chi connectivity index (χ2n) is 5.51. The van der Waals surface area contributed by atoms with Crippen LogP contribution in [0.5, 0.6) is 11.5 Å². The van der Waals surface area contributed by atoms with Gasteiger partial charge in [0.1, 0.15) is 24.7 Å². The molecule has 0 aliphatic carbocycles. The minimum Gasteiger partial charge on any atom is -0.486 e. The molecular weight excluding hydrogens is 270 g/mol. The number of Topliss-reactive ketones (excluding diaryl/α,β-unsaturated/α-hetero) is 1. The van der Waals surface area contributed by atoms with Gasteiger partial charge in [-0.05, 0) is 37.5 Å². The van der Waals surface area contributed by atoms with Crippen molar-refractivity contribution in [2.45, 2.75) is 31.3 Å². The molecule has 5 heteroatoms. The topological polar surface area (TPSA) is 68.6 Å². The minimum atomic E-state index is -0.854. The molecule has 2 atom stereocenters. The van der Waals surface area contributed by atoms with Crippen molar-refractivity contribution < 1.29 is 19.0 Å². The molecule has 0 saturated carbocycles. The average Bonchev–Trinajstić information content (AvgIpc) is 2.96. The summed E-state index contributed by atoms with van der Waals surface area (Å²) in [4.78, 5) is 12.6. The Kier molecular flexibility index (Phi) is 3.56. The summed E-state index contributed by atoms with van der Waals surface area (Å²) in [6.45, 7) is 3.33. The van der Waals surface area contributed by atoms with E-state index < -0.39 is 11.5 Å². The van der Waals surface area contributed by atoms with Crippen molar-refractivity contribution in [3.63, 3.8) is 0 Å². The lowest BCUT2D eigenvalue weighted by atomic mass is 9.84. The minimum absolute atomic E-state index is 0.181. The second kappa shape index (κ2) is 5.38. The zero-order chi connectivity index (χ0) is 14.9. The van der Waals surface area contributed by atoms with Gasteiger partial charge in [-0.3, -0.25) is 4.79 Å². The van der Waals surface area contributed by atoms with Crippen molar-refractivity contribution >= 4 is 5.78 Å². The van der Waals surface area contributed by atoms with E-state index in [-0.39, 0.29) is 5.78 Å². The van der Waals surface area contributed by atoms with E-state index in [1.807, 2.05) is 0 Å². The third kappa shape index (κ3) is 2.47. The summed E-state index contributed by atoms with van der Waals surface area (Å²) in [5, 5.41) is 9.43. The van der Waals surface area contributed by atoms with Gasteiger partial charge in [0.2, 0.25) is 0 Å². The highest BCUT2D eigenvalue weighted by molar-refractivity contribution is 5.95. The fourth-order valence-electron chi connectivity index (χ4n) is 2.80. The molecule has 3 rings (SSSR count). The summed E-state index contributed by atoms with van der Waals surface area (Å²) >= 11 is 0. The molecule has 1 aromatic carbocycles. The van der Waals surface area contributed by atoms with Gasteiger partial charge in [-0.1, -0.05) is 6.07 Å². The van der Waals surface area contributed by atoms with Gasteiger partial charge in [-0.2, -0.15) is 5.26 Å². The highest BCUT2D eigenvalue weighted by Gasteiger charge is 2.42. The Morgan fingerprint density at radius 2 is 2.05 bits per heavy atom. The molecule has 0 aromatic heterocycles. The van der Waals surface area contributed by atoms with Crippen LogP contribution < -0.4 is 9.47 Å². The van der Waals surface area contributed by atoms with Gasteiger partial charge in [0, 0.05) is 6.61 Å². The maximum atomic E-state index is 12.6. The van der Waals surface area contributed by atoms with Crippen LogP contribution >= 0.6 is 0 Å². The molecule has 2 aliphatic rings. The molecule has 2 heterocycles. The number of carbonyl (C=O) groups is 1. The Morgan fingerprint density at radius 3 is 2.71 bits per heavy atom. The Hall–Kier alpha value is -2.06. The molecule has 1 saturated heterocycles. The van der Waals surface area contributed by atoms with Crippen LogP contribution in [0.2, 0.25) is 0 Å². The number of rotatable bonds is 3. The van der Waals surface area contributed by atoms with Gasteiger partial charge in [-0.25, -0.2) is 0 Å². The number of nitrogens with zero attached hydrogens (tertiary/aromatic N) is 1. The largest absolute Gasteiger partial charge is 0.486 e. The van der Waals surface area contributed by atoms with Crippen LogP contribution in [0.15, 0.2) is 18.2 Å². The van der Waals surface area contributed by atoms with Gasteiger partial charge >= 0.3 is 0 Å². The van der Waals surface area contributed by atoms with Gasteiger partial charge in [0.25, 0.3) is 0 Å². The van der Waals surface area contributed by atoms with E-state index in [1.54, 1.807) is 25.1 Å². The molecule has 1 aromatic rings. The van der Waals surface area contributed by atoms with E-state index >= 15 is 0 Å². The van der Waals surface area contributed by atoms with Crippen LogP contribution in [0.4, 0.5) is 0 Å².